The average molecular weight is 290 g/mol. The molecule has 0 fully saturated rings. The first kappa shape index (κ1) is 15.4. The normalized spacial score (nSPS) is 16.0. The van der Waals surface area contributed by atoms with E-state index in [1.807, 2.05) is 12.2 Å². The van der Waals surface area contributed by atoms with Crippen LogP contribution in [-0.4, -0.2) is 26.6 Å². The molecule has 4 nitrogen and oxygen atoms in total. The topological polar surface area (TPSA) is 44.8 Å². The molecule has 1 heterocycles. The number of hydrogen-bond donors (Lipinski definition) is 0. The first-order valence-electron chi connectivity index (χ1n) is 7.34. The van der Waals surface area contributed by atoms with Crippen LogP contribution in [0.15, 0.2) is 12.1 Å². The largest absolute Gasteiger partial charge is 0.493 e. The van der Waals surface area contributed by atoms with E-state index in [2.05, 4.69) is 6.92 Å². The molecular weight excluding hydrogens is 268 g/mol. The summed E-state index contributed by atoms with van der Waals surface area (Å²) in [6.07, 6.45) is 9.23. The van der Waals surface area contributed by atoms with Crippen molar-refractivity contribution in [2.75, 3.05) is 14.2 Å². The molecule has 0 N–H and O–H groups in total. The molecule has 1 aliphatic rings. The minimum Gasteiger partial charge on any atom is -0.493 e. The van der Waals surface area contributed by atoms with E-state index in [0.29, 0.717) is 22.8 Å². The highest BCUT2D eigenvalue weighted by Crippen LogP contribution is 2.44. The number of fused-ring (bicyclic) bond motifs is 1. The molecule has 21 heavy (non-hydrogen) atoms. The van der Waals surface area contributed by atoms with Gasteiger partial charge in [0, 0.05) is 11.1 Å². The van der Waals surface area contributed by atoms with Crippen molar-refractivity contribution in [2.24, 2.45) is 0 Å². The van der Waals surface area contributed by atoms with E-state index in [1.165, 1.54) is 12.8 Å². The number of ether oxygens (including phenoxy) is 3. The second-order valence-electron chi connectivity index (χ2n) is 5.07. The van der Waals surface area contributed by atoms with Crippen LogP contribution in [0.5, 0.6) is 17.2 Å². The number of benzene rings is 1. The van der Waals surface area contributed by atoms with Gasteiger partial charge in [-0.2, -0.15) is 0 Å². The van der Waals surface area contributed by atoms with Crippen LogP contribution in [-0.2, 0) is 0 Å². The average Bonchev–Trinajstić information content (AvgIpc) is 2.53. The summed E-state index contributed by atoms with van der Waals surface area (Å²) in [5, 5.41) is 0. The third kappa shape index (κ3) is 3.20. The molecule has 0 amide bonds. The number of rotatable bonds is 7. The molecule has 1 aromatic carbocycles. The van der Waals surface area contributed by atoms with Crippen LogP contribution in [0.4, 0.5) is 0 Å². The van der Waals surface area contributed by atoms with Crippen LogP contribution < -0.4 is 14.2 Å². The van der Waals surface area contributed by atoms with Gasteiger partial charge in [-0.3, -0.25) is 4.79 Å². The Hall–Kier alpha value is -1.97. The predicted octanol–water partition coefficient (Wildman–Crippen LogP) is 3.87. The molecule has 0 aliphatic carbocycles. The van der Waals surface area contributed by atoms with Crippen molar-refractivity contribution in [3.05, 3.63) is 23.3 Å². The predicted molar refractivity (Wildman–Crippen MR) is 82.5 cm³/mol. The third-order valence-electron chi connectivity index (χ3n) is 3.66. The van der Waals surface area contributed by atoms with Crippen molar-refractivity contribution in [3.8, 4) is 17.2 Å². The maximum atomic E-state index is 11.3. The smallest absolute Gasteiger partial charge is 0.203 e. The Kier molecular flexibility index (Phi) is 5.26. The molecule has 0 saturated carbocycles. The molecule has 114 valence electrons. The lowest BCUT2D eigenvalue weighted by atomic mass is 10.0. The highest BCUT2D eigenvalue weighted by atomic mass is 16.5. The Balaban J connectivity index is 2.33. The van der Waals surface area contributed by atoms with Crippen LogP contribution >= 0.6 is 0 Å². The van der Waals surface area contributed by atoms with Crippen LogP contribution in [0.1, 0.15) is 48.5 Å². The zero-order chi connectivity index (χ0) is 15.2. The number of aldehydes is 1. The van der Waals surface area contributed by atoms with Crippen molar-refractivity contribution in [3.63, 3.8) is 0 Å². The van der Waals surface area contributed by atoms with Gasteiger partial charge in [-0.25, -0.2) is 0 Å². The highest BCUT2D eigenvalue weighted by molar-refractivity contribution is 5.87. The summed E-state index contributed by atoms with van der Waals surface area (Å²) in [6.45, 7) is 2.18. The van der Waals surface area contributed by atoms with Gasteiger partial charge in [0.25, 0.3) is 0 Å². The number of methoxy groups -OCH3 is 2. The monoisotopic (exact) mass is 290 g/mol. The van der Waals surface area contributed by atoms with E-state index in [1.54, 1.807) is 20.3 Å². The molecule has 0 aromatic heterocycles. The molecular formula is C17H22O4. The summed E-state index contributed by atoms with van der Waals surface area (Å²) in [5.41, 5.74) is 1.31. The van der Waals surface area contributed by atoms with Gasteiger partial charge in [-0.05, 0) is 25.0 Å². The Labute approximate surface area is 125 Å². The zero-order valence-corrected chi connectivity index (χ0v) is 12.8. The van der Waals surface area contributed by atoms with E-state index in [0.717, 1.165) is 24.7 Å². The summed E-state index contributed by atoms with van der Waals surface area (Å²) in [7, 11) is 3.13. The quantitative estimate of drug-likeness (QED) is 0.565. The van der Waals surface area contributed by atoms with Gasteiger partial charge in [-0.15, -0.1) is 0 Å². The fourth-order valence-corrected chi connectivity index (χ4v) is 2.53. The van der Waals surface area contributed by atoms with Gasteiger partial charge in [0.15, 0.2) is 17.8 Å². The summed E-state index contributed by atoms with van der Waals surface area (Å²) in [5.74, 6) is 1.66. The third-order valence-corrected chi connectivity index (χ3v) is 3.66. The van der Waals surface area contributed by atoms with Crippen molar-refractivity contribution in [1.82, 2.24) is 0 Å². The Morgan fingerprint density at radius 3 is 2.71 bits per heavy atom. The SMILES string of the molecule is CCCCC[C@H]1C=Cc2c(C=O)cc(OC)c(OC)c2O1. The highest BCUT2D eigenvalue weighted by Gasteiger charge is 2.24. The second-order valence-corrected chi connectivity index (χ2v) is 5.07. The van der Waals surface area contributed by atoms with E-state index in [-0.39, 0.29) is 6.10 Å². The molecule has 0 bridgehead atoms. The summed E-state index contributed by atoms with van der Waals surface area (Å²) in [4.78, 5) is 11.3. The van der Waals surface area contributed by atoms with Crippen LogP contribution in [0.2, 0.25) is 0 Å². The zero-order valence-electron chi connectivity index (χ0n) is 12.8. The van der Waals surface area contributed by atoms with Crippen molar-refractivity contribution in [2.45, 2.75) is 38.7 Å². The fraction of sp³-hybridized carbons (Fsp3) is 0.471. The Bertz CT molecular complexity index is 534. The van der Waals surface area contributed by atoms with Gasteiger partial charge in [0.2, 0.25) is 5.75 Å². The Morgan fingerprint density at radius 1 is 1.29 bits per heavy atom. The molecule has 2 rings (SSSR count). The maximum absolute atomic E-state index is 11.3. The van der Waals surface area contributed by atoms with Crippen LogP contribution in [0.3, 0.4) is 0 Å². The van der Waals surface area contributed by atoms with Crippen molar-refractivity contribution in [1.29, 1.82) is 0 Å². The number of carbonyl (C=O) groups is 1. The molecule has 4 heteroatoms. The maximum Gasteiger partial charge on any atom is 0.203 e. The van der Waals surface area contributed by atoms with Crippen LogP contribution in [0.25, 0.3) is 6.08 Å². The van der Waals surface area contributed by atoms with Gasteiger partial charge in [-0.1, -0.05) is 25.8 Å². The minimum atomic E-state index is 0.0181. The van der Waals surface area contributed by atoms with E-state index < -0.39 is 0 Å². The van der Waals surface area contributed by atoms with Crippen LogP contribution in [0, 0.1) is 0 Å². The lowest BCUT2D eigenvalue weighted by molar-refractivity contribution is 0.112. The number of unbranched alkanes of at least 4 members (excludes halogenated alkanes) is 2. The molecule has 0 spiro atoms. The Morgan fingerprint density at radius 2 is 2.10 bits per heavy atom. The molecule has 1 aliphatic heterocycles. The lowest BCUT2D eigenvalue weighted by Crippen LogP contribution is -2.18. The molecule has 0 saturated heterocycles. The first-order chi connectivity index (χ1) is 10.2. The van der Waals surface area contributed by atoms with Gasteiger partial charge in [0.1, 0.15) is 6.10 Å². The first-order valence-corrected chi connectivity index (χ1v) is 7.34. The van der Waals surface area contributed by atoms with Crippen molar-refractivity contribution >= 4 is 12.4 Å². The van der Waals surface area contributed by atoms with E-state index in [9.17, 15) is 4.79 Å². The van der Waals surface area contributed by atoms with E-state index >= 15 is 0 Å². The van der Waals surface area contributed by atoms with Crippen molar-refractivity contribution < 1.29 is 19.0 Å². The minimum absolute atomic E-state index is 0.0181. The van der Waals surface area contributed by atoms with Gasteiger partial charge >= 0.3 is 0 Å². The number of carbonyl (C=O) groups excluding carboxylic acids is 1. The van der Waals surface area contributed by atoms with E-state index in [4.69, 9.17) is 14.2 Å². The summed E-state index contributed by atoms with van der Waals surface area (Å²) in [6, 6.07) is 1.68. The summed E-state index contributed by atoms with van der Waals surface area (Å²) < 4.78 is 16.7. The molecule has 0 unspecified atom stereocenters. The fourth-order valence-electron chi connectivity index (χ4n) is 2.53. The van der Waals surface area contributed by atoms with Gasteiger partial charge in [0.05, 0.1) is 14.2 Å². The lowest BCUT2D eigenvalue weighted by Gasteiger charge is -2.25. The molecule has 1 aromatic rings. The number of hydrogen-bond acceptors (Lipinski definition) is 4. The molecule has 1 atom stereocenters. The van der Waals surface area contributed by atoms with Gasteiger partial charge < -0.3 is 14.2 Å². The standard InChI is InChI=1S/C17H22O4/c1-4-5-6-7-13-8-9-14-12(11-18)10-15(19-2)17(20-3)16(14)21-13/h8-11,13H,4-7H2,1-3H3/t13-/m0/s1. The summed E-state index contributed by atoms with van der Waals surface area (Å²) >= 11 is 0. The molecule has 0 radical (unpaired) electrons. The second kappa shape index (κ2) is 7.16.